The molecule has 0 spiro atoms. The molecule has 1 aliphatic rings. The van der Waals surface area contributed by atoms with Crippen LogP contribution in [0, 0.1) is 13.8 Å². The maximum atomic E-state index is 12.6. The second kappa shape index (κ2) is 9.06. The maximum absolute atomic E-state index is 12.6. The van der Waals surface area contributed by atoms with Gasteiger partial charge in [0.1, 0.15) is 6.42 Å². The summed E-state index contributed by atoms with van der Waals surface area (Å²) >= 11 is 6.08. The highest BCUT2D eigenvalue weighted by molar-refractivity contribution is 6.31. The van der Waals surface area contributed by atoms with Crippen LogP contribution in [0.5, 0.6) is 0 Å². The van der Waals surface area contributed by atoms with Crippen LogP contribution in [-0.4, -0.2) is 47.9 Å². The number of carbonyl (C=O) groups excluding carboxylic acids is 2. The summed E-state index contributed by atoms with van der Waals surface area (Å²) in [6.07, 6.45) is 4.34. The standard InChI is InChI=1S/C21H25ClN4O2/c1-15-14-23-8-7-19(15)25-9-4-10-26(12-11-25)21(28)13-20(27)24-18-6-3-5-17(22)16(18)2/h3,5-8,14H,4,9-13H2,1-2H3,(H,24,27). The van der Waals surface area contributed by atoms with Gasteiger partial charge in [-0.3, -0.25) is 14.6 Å². The Bertz CT molecular complexity index is 871. The highest BCUT2D eigenvalue weighted by atomic mass is 35.5. The van der Waals surface area contributed by atoms with E-state index < -0.39 is 0 Å². The van der Waals surface area contributed by atoms with Crippen molar-refractivity contribution in [3.05, 3.63) is 52.8 Å². The van der Waals surface area contributed by atoms with Gasteiger partial charge < -0.3 is 15.1 Å². The Balaban J connectivity index is 1.57. The van der Waals surface area contributed by atoms with E-state index in [9.17, 15) is 9.59 Å². The van der Waals surface area contributed by atoms with E-state index in [2.05, 4.69) is 15.2 Å². The molecule has 1 aromatic carbocycles. The van der Waals surface area contributed by atoms with Gasteiger partial charge in [-0.25, -0.2) is 0 Å². The fraction of sp³-hybridized carbons (Fsp3) is 0.381. The number of aromatic nitrogens is 1. The highest BCUT2D eigenvalue weighted by Crippen LogP contribution is 2.23. The van der Waals surface area contributed by atoms with E-state index in [1.165, 1.54) is 0 Å². The molecule has 1 saturated heterocycles. The Labute approximate surface area is 170 Å². The third-order valence-corrected chi connectivity index (χ3v) is 5.44. The van der Waals surface area contributed by atoms with E-state index >= 15 is 0 Å². The second-order valence-electron chi connectivity index (χ2n) is 7.02. The van der Waals surface area contributed by atoms with Crippen molar-refractivity contribution in [1.29, 1.82) is 0 Å². The van der Waals surface area contributed by atoms with Crippen molar-refractivity contribution in [3.8, 4) is 0 Å². The minimum atomic E-state index is -0.318. The molecule has 1 N–H and O–H groups in total. The summed E-state index contributed by atoms with van der Waals surface area (Å²) in [6, 6.07) is 7.33. The molecule has 1 aromatic heterocycles. The predicted octanol–water partition coefficient (Wildman–Crippen LogP) is 3.42. The minimum absolute atomic E-state index is 0.148. The van der Waals surface area contributed by atoms with Crippen LogP contribution in [0.3, 0.4) is 0 Å². The summed E-state index contributed by atoms with van der Waals surface area (Å²) in [6.45, 7) is 6.75. The van der Waals surface area contributed by atoms with Crippen molar-refractivity contribution in [2.75, 3.05) is 36.4 Å². The normalized spacial score (nSPS) is 14.5. The molecule has 2 amide bonds. The molecular weight excluding hydrogens is 376 g/mol. The van der Waals surface area contributed by atoms with Crippen molar-refractivity contribution in [2.24, 2.45) is 0 Å². The third-order valence-electron chi connectivity index (χ3n) is 5.03. The second-order valence-corrected chi connectivity index (χ2v) is 7.43. The zero-order chi connectivity index (χ0) is 20.1. The van der Waals surface area contributed by atoms with Gasteiger partial charge in [-0.05, 0) is 49.6 Å². The molecule has 0 radical (unpaired) electrons. The van der Waals surface area contributed by atoms with Crippen molar-refractivity contribution < 1.29 is 9.59 Å². The summed E-state index contributed by atoms with van der Waals surface area (Å²) in [5.74, 6) is -0.466. The quantitative estimate of drug-likeness (QED) is 0.798. The predicted molar refractivity (Wildman–Crippen MR) is 112 cm³/mol. The minimum Gasteiger partial charge on any atom is -0.369 e. The number of anilines is 2. The van der Waals surface area contributed by atoms with E-state index in [1.54, 1.807) is 29.3 Å². The number of amides is 2. The van der Waals surface area contributed by atoms with Crippen LogP contribution in [0.15, 0.2) is 36.7 Å². The molecule has 1 aliphatic heterocycles. The molecule has 1 fully saturated rings. The first-order chi connectivity index (χ1) is 13.5. The average molecular weight is 401 g/mol. The lowest BCUT2D eigenvalue weighted by Crippen LogP contribution is -2.37. The first-order valence-corrected chi connectivity index (χ1v) is 9.82. The molecule has 0 saturated carbocycles. The number of nitrogens with one attached hydrogen (secondary N) is 1. The van der Waals surface area contributed by atoms with Gasteiger partial charge in [0.15, 0.2) is 0 Å². The number of nitrogens with zero attached hydrogens (tertiary/aromatic N) is 3. The molecule has 7 heteroatoms. The molecular formula is C21H25ClN4O2. The first-order valence-electron chi connectivity index (χ1n) is 9.44. The number of rotatable bonds is 4. The number of hydrogen-bond acceptors (Lipinski definition) is 4. The summed E-state index contributed by atoms with van der Waals surface area (Å²) in [5, 5.41) is 3.38. The van der Waals surface area contributed by atoms with Crippen LogP contribution >= 0.6 is 11.6 Å². The molecule has 3 rings (SSSR count). The summed E-state index contributed by atoms with van der Waals surface area (Å²) in [5.41, 5.74) is 3.71. The van der Waals surface area contributed by atoms with Crippen LogP contribution in [0.1, 0.15) is 24.0 Å². The lowest BCUT2D eigenvalue weighted by molar-refractivity contribution is -0.134. The Morgan fingerprint density at radius 3 is 2.75 bits per heavy atom. The number of benzene rings is 1. The van der Waals surface area contributed by atoms with Crippen molar-refractivity contribution in [1.82, 2.24) is 9.88 Å². The molecule has 0 aliphatic carbocycles. The zero-order valence-electron chi connectivity index (χ0n) is 16.2. The number of halogens is 1. The van der Waals surface area contributed by atoms with Crippen LogP contribution in [0.4, 0.5) is 11.4 Å². The number of pyridine rings is 1. The van der Waals surface area contributed by atoms with Gasteiger partial charge in [0.2, 0.25) is 11.8 Å². The lowest BCUT2D eigenvalue weighted by atomic mass is 10.2. The smallest absolute Gasteiger partial charge is 0.233 e. The fourth-order valence-corrected chi connectivity index (χ4v) is 3.59. The number of aryl methyl sites for hydroxylation is 1. The van der Waals surface area contributed by atoms with Gasteiger partial charge >= 0.3 is 0 Å². The lowest BCUT2D eigenvalue weighted by Gasteiger charge is -2.25. The first kappa shape index (κ1) is 20.1. The molecule has 6 nitrogen and oxygen atoms in total. The van der Waals surface area contributed by atoms with E-state index in [-0.39, 0.29) is 18.2 Å². The Morgan fingerprint density at radius 1 is 1.14 bits per heavy atom. The molecule has 2 heterocycles. The van der Waals surface area contributed by atoms with Gasteiger partial charge in [0, 0.05) is 55.0 Å². The Morgan fingerprint density at radius 2 is 1.96 bits per heavy atom. The third kappa shape index (κ3) is 4.81. The van der Waals surface area contributed by atoms with Crippen molar-refractivity contribution >= 4 is 34.8 Å². The number of carbonyl (C=O) groups is 2. The fourth-order valence-electron chi connectivity index (χ4n) is 3.42. The topological polar surface area (TPSA) is 65.5 Å². The molecule has 0 bridgehead atoms. The summed E-state index contributed by atoms with van der Waals surface area (Å²) in [4.78, 5) is 33.1. The number of hydrogen-bond donors (Lipinski definition) is 1. The molecule has 28 heavy (non-hydrogen) atoms. The maximum Gasteiger partial charge on any atom is 0.233 e. The Kier molecular flexibility index (Phi) is 6.52. The van der Waals surface area contributed by atoms with Crippen molar-refractivity contribution in [3.63, 3.8) is 0 Å². The highest BCUT2D eigenvalue weighted by Gasteiger charge is 2.22. The van der Waals surface area contributed by atoms with Gasteiger partial charge in [-0.2, -0.15) is 0 Å². The van der Waals surface area contributed by atoms with E-state index in [0.29, 0.717) is 23.8 Å². The Hall–Kier alpha value is -2.60. The van der Waals surface area contributed by atoms with E-state index in [1.807, 2.05) is 26.1 Å². The van der Waals surface area contributed by atoms with Crippen molar-refractivity contribution in [2.45, 2.75) is 26.7 Å². The van der Waals surface area contributed by atoms with E-state index in [4.69, 9.17) is 11.6 Å². The summed E-state index contributed by atoms with van der Waals surface area (Å²) < 4.78 is 0. The van der Waals surface area contributed by atoms with Gasteiger partial charge in [-0.1, -0.05) is 17.7 Å². The zero-order valence-corrected chi connectivity index (χ0v) is 17.0. The van der Waals surface area contributed by atoms with Gasteiger partial charge in [0.25, 0.3) is 0 Å². The SMILES string of the molecule is Cc1cnccc1N1CCCN(C(=O)CC(=O)Nc2cccc(Cl)c2C)CC1. The van der Waals surface area contributed by atoms with E-state index in [0.717, 1.165) is 36.3 Å². The summed E-state index contributed by atoms with van der Waals surface area (Å²) in [7, 11) is 0. The molecule has 0 unspecified atom stereocenters. The van der Waals surface area contributed by atoms with Crippen LogP contribution in [0.2, 0.25) is 5.02 Å². The van der Waals surface area contributed by atoms with Crippen LogP contribution < -0.4 is 10.2 Å². The molecule has 0 atom stereocenters. The van der Waals surface area contributed by atoms with Gasteiger partial charge in [0.05, 0.1) is 0 Å². The average Bonchev–Trinajstić information content (AvgIpc) is 2.92. The molecule has 148 valence electrons. The molecule has 2 aromatic rings. The monoisotopic (exact) mass is 400 g/mol. The van der Waals surface area contributed by atoms with Crippen LogP contribution in [-0.2, 0) is 9.59 Å². The van der Waals surface area contributed by atoms with Gasteiger partial charge in [-0.15, -0.1) is 0 Å². The largest absolute Gasteiger partial charge is 0.369 e. The van der Waals surface area contributed by atoms with Crippen LogP contribution in [0.25, 0.3) is 0 Å².